The summed E-state index contributed by atoms with van der Waals surface area (Å²) in [5.74, 6) is -1.11. The van der Waals surface area contributed by atoms with E-state index in [-0.39, 0.29) is 52.0 Å². The van der Waals surface area contributed by atoms with Crippen LogP contribution < -0.4 is 21.3 Å². The molecular formula is C23H27N5O6S2. The SMILES string of the molecule is CC(C)(C)CCn1nc(-c2cccs2)c(O)c(C2=NS(O)(O)c3cc(OCC(N)=O)ccc3N2)c1=O. The lowest BCUT2D eigenvalue weighted by molar-refractivity contribution is -0.119. The number of carbonyl (C=O) groups excluding carboxylic acids is 1. The highest BCUT2D eigenvalue weighted by Crippen LogP contribution is 2.56. The second-order valence-electron chi connectivity index (χ2n) is 9.39. The Bertz CT molecular complexity index is 1390. The van der Waals surface area contributed by atoms with E-state index in [2.05, 4.69) is 14.8 Å². The number of nitrogens with two attached hydrogens (primary N) is 1. The molecule has 0 bridgehead atoms. The Balaban J connectivity index is 1.81. The van der Waals surface area contributed by atoms with Crippen LogP contribution in [0.2, 0.25) is 0 Å². The summed E-state index contributed by atoms with van der Waals surface area (Å²) in [5, 5.41) is 20.3. The van der Waals surface area contributed by atoms with E-state index in [0.29, 0.717) is 11.3 Å². The van der Waals surface area contributed by atoms with E-state index >= 15 is 0 Å². The summed E-state index contributed by atoms with van der Waals surface area (Å²) >= 11 is 1.34. The number of carbonyl (C=O) groups is 1. The minimum Gasteiger partial charge on any atom is -0.505 e. The zero-order valence-electron chi connectivity index (χ0n) is 19.9. The number of hydrogen-bond donors (Lipinski definition) is 5. The van der Waals surface area contributed by atoms with Crippen molar-refractivity contribution in [2.24, 2.45) is 15.5 Å². The summed E-state index contributed by atoms with van der Waals surface area (Å²) in [4.78, 5) is 25.1. The van der Waals surface area contributed by atoms with Gasteiger partial charge >= 0.3 is 0 Å². The van der Waals surface area contributed by atoms with Crippen LogP contribution in [-0.2, 0) is 11.3 Å². The van der Waals surface area contributed by atoms with E-state index in [1.54, 1.807) is 12.1 Å². The van der Waals surface area contributed by atoms with Crippen molar-refractivity contribution in [2.75, 3.05) is 11.9 Å². The third-order valence-electron chi connectivity index (χ3n) is 5.30. The first-order chi connectivity index (χ1) is 16.9. The molecule has 1 aromatic carbocycles. The molecule has 0 saturated heterocycles. The van der Waals surface area contributed by atoms with E-state index in [0.717, 1.165) is 0 Å². The molecule has 11 nitrogen and oxygen atoms in total. The molecule has 0 unspecified atom stereocenters. The molecule has 0 spiro atoms. The van der Waals surface area contributed by atoms with Crippen molar-refractivity contribution in [1.29, 1.82) is 0 Å². The summed E-state index contributed by atoms with van der Waals surface area (Å²) in [7, 11) is -3.80. The lowest BCUT2D eigenvalue weighted by Crippen LogP contribution is -2.34. The van der Waals surface area contributed by atoms with Gasteiger partial charge in [-0.25, -0.2) is 4.68 Å². The molecule has 4 rings (SSSR count). The molecule has 36 heavy (non-hydrogen) atoms. The highest BCUT2D eigenvalue weighted by molar-refractivity contribution is 8.23. The molecule has 0 radical (unpaired) electrons. The van der Waals surface area contributed by atoms with Crippen LogP contribution in [-0.4, -0.2) is 42.3 Å². The van der Waals surface area contributed by atoms with Crippen LogP contribution in [0.3, 0.4) is 0 Å². The first-order valence-electron chi connectivity index (χ1n) is 10.9. The largest absolute Gasteiger partial charge is 0.505 e. The minimum atomic E-state index is -3.80. The first-order valence-corrected chi connectivity index (χ1v) is 13.3. The molecule has 192 valence electrons. The molecule has 2 aromatic heterocycles. The number of primary amides is 1. The quantitative estimate of drug-likeness (QED) is 0.304. The van der Waals surface area contributed by atoms with Crippen LogP contribution in [0.1, 0.15) is 32.8 Å². The number of amides is 1. The maximum absolute atomic E-state index is 13.5. The van der Waals surface area contributed by atoms with Gasteiger partial charge in [0.05, 0.1) is 10.6 Å². The molecule has 3 aromatic rings. The summed E-state index contributed by atoms with van der Waals surface area (Å²) in [6.07, 6.45) is 0.639. The second-order valence-corrected chi connectivity index (χ2v) is 12.0. The Kier molecular flexibility index (Phi) is 6.84. The topological polar surface area (TPSA) is 172 Å². The number of nitrogens with zero attached hydrogens (tertiary/aromatic N) is 3. The smallest absolute Gasteiger partial charge is 0.281 e. The fourth-order valence-electron chi connectivity index (χ4n) is 3.46. The number of aromatic hydroxyl groups is 1. The van der Waals surface area contributed by atoms with Crippen molar-refractivity contribution in [3.8, 4) is 22.1 Å². The highest BCUT2D eigenvalue weighted by Gasteiger charge is 2.32. The Morgan fingerprint density at radius 2 is 2.03 bits per heavy atom. The van der Waals surface area contributed by atoms with Gasteiger partial charge in [-0.05, 0) is 35.4 Å². The fourth-order valence-corrected chi connectivity index (χ4v) is 5.35. The number of ether oxygens (including phenoxy) is 1. The number of aromatic nitrogens is 2. The molecule has 0 aliphatic carbocycles. The van der Waals surface area contributed by atoms with Crippen molar-refractivity contribution >= 4 is 39.5 Å². The van der Waals surface area contributed by atoms with E-state index in [1.807, 2.05) is 26.2 Å². The molecule has 6 N–H and O–H groups in total. The van der Waals surface area contributed by atoms with E-state index in [9.17, 15) is 23.8 Å². The fraction of sp³-hybridized carbons (Fsp3) is 0.304. The van der Waals surface area contributed by atoms with E-state index in [1.165, 1.54) is 34.2 Å². The number of amidine groups is 1. The average molecular weight is 534 g/mol. The minimum absolute atomic E-state index is 0.00769. The Morgan fingerprint density at radius 3 is 2.67 bits per heavy atom. The molecule has 0 atom stereocenters. The number of benzene rings is 1. The van der Waals surface area contributed by atoms with Crippen molar-refractivity contribution in [3.63, 3.8) is 0 Å². The second kappa shape index (κ2) is 9.58. The van der Waals surface area contributed by atoms with Crippen LogP contribution in [0.15, 0.2) is 49.8 Å². The van der Waals surface area contributed by atoms with Crippen molar-refractivity contribution in [2.45, 2.75) is 38.6 Å². The summed E-state index contributed by atoms with van der Waals surface area (Å²) in [5.41, 5.74) is 4.62. The van der Waals surface area contributed by atoms with Gasteiger partial charge in [0, 0.05) is 12.6 Å². The van der Waals surface area contributed by atoms with Gasteiger partial charge in [-0.2, -0.15) is 5.10 Å². The number of anilines is 1. The monoisotopic (exact) mass is 533 g/mol. The summed E-state index contributed by atoms with van der Waals surface area (Å²) in [6, 6.07) is 7.88. The summed E-state index contributed by atoms with van der Waals surface area (Å²) < 4.78 is 32.2. The Morgan fingerprint density at radius 1 is 1.28 bits per heavy atom. The molecule has 1 aliphatic rings. The molecular weight excluding hydrogens is 506 g/mol. The predicted octanol–water partition coefficient (Wildman–Crippen LogP) is 3.87. The van der Waals surface area contributed by atoms with Gasteiger partial charge in [-0.3, -0.25) is 18.7 Å². The Labute approximate surface area is 212 Å². The molecule has 13 heteroatoms. The van der Waals surface area contributed by atoms with Gasteiger partial charge in [-0.15, -0.1) is 15.7 Å². The van der Waals surface area contributed by atoms with Gasteiger partial charge in [0.2, 0.25) is 0 Å². The van der Waals surface area contributed by atoms with E-state index < -0.39 is 28.0 Å². The third kappa shape index (κ3) is 5.38. The highest BCUT2D eigenvalue weighted by atomic mass is 32.3. The van der Waals surface area contributed by atoms with Gasteiger partial charge in [0.15, 0.2) is 18.2 Å². The van der Waals surface area contributed by atoms with Crippen LogP contribution in [0.4, 0.5) is 5.69 Å². The zero-order valence-corrected chi connectivity index (χ0v) is 21.5. The molecule has 1 aliphatic heterocycles. The van der Waals surface area contributed by atoms with Crippen LogP contribution in [0.25, 0.3) is 10.6 Å². The van der Waals surface area contributed by atoms with Crippen LogP contribution in [0.5, 0.6) is 11.5 Å². The van der Waals surface area contributed by atoms with Gasteiger partial charge in [0.1, 0.15) is 21.9 Å². The zero-order chi connectivity index (χ0) is 26.3. The molecule has 0 saturated carbocycles. The van der Waals surface area contributed by atoms with Gasteiger partial charge < -0.3 is 20.9 Å². The third-order valence-corrected chi connectivity index (χ3v) is 7.54. The van der Waals surface area contributed by atoms with Crippen molar-refractivity contribution < 1.29 is 23.7 Å². The normalized spacial score (nSPS) is 15.4. The number of hydrogen-bond acceptors (Lipinski definition) is 10. The average Bonchev–Trinajstić information content (AvgIpc) is 3.31. The van der Waals surface area contributed by atoms with Gasteiger partial charge in [-0.1, -0.05) is 37.6 Å². The number of fused-ring (bicyclic) bond motifs is 1. The van der Waals surface area contributed by atoms with Crippen LogP contribution in [0, 0.1) is 5.41 Å². The van der Waals surface area contributed by atoms with Crippen molar-refractivity contribution in [3.05, 3.63) is 51.6 Å². The lowest BCUT2D eigenvalue weighted by Gasteiger charge is -2.34. The number of thiophene rings is 1. The number of nitrogens with one attached hydrogen (secondary N) is 1. The van der Waals surface area contributed by atoms with E-state index in [4.69, 9.17) is 10.5 Å². The van der Waals surface area contributed by atoms with Gasteiger partial charge in [0.25, 0.3) is 11.5 Å². The first kappa shape index (κ1) is 25.7. The summed E-state index contributed by atoms with van der Waals surface area (Å²) in [6.45, 7) is 6.03. The maximum Gasteiger partial charge on any atom is 0.281 e. The lowest BCUT2D eigenvalue weighted by atomic mass is 9.92. The molecule has 3 heterocycles. The molecule has 0 fully saturated rings. The predicted molar refractivity (Wildman–Crippen MR) is 140 cm³/mol. The van der Waals surface area contributed by atoms with Crippen LogP contribution >= 0.6 is 22.1 Å². The Hall–Kier alpha value is -3.39. The number of aryl methyl sites for hydroxylation is 1. The molecule has 1 amide bonds. The standard InChI is InChI=1S/C23H27N5O6S2/c1-23(2,3)8-9-28-22(31)18(20(30)19(26-28)15-5-4-10-35-15)21-25-14-7-6-13(34-12-17(24)29)11-16(14)36(32,33)27-21/h4-7,10-11,30,32-33H,8-9,12H2,1-3H3,(H2,24,29)(H,25,27). The number of rotatable bonds is 7. The maximum atomic E-state index is 13.5. The van der Waals surface area contributed by atoms with Crippen molar-refractivity contribution in [1.82, 2.24) is 9.78 Å².